The summed E-state index contributed by atoms with van der Waals surface area (Å²) in [6.45, 7) is -1.24. The summed E-state index contributed by atoms with van der Waals surface area (Å²) in [5, 5.41) is 39.4. The van der Waals surface area contributed by atoms with E-state index in [2.05, 4.69) is 10.3 Å². The molecule has 0 aliphatic carbocycles. The first-order chi connectivity index (χ1) is 17.2. The Balaban J connectivity index is 1.52. The number of amides is 1. The van der Waals surface area contributed by atoms with E-state index in [0.717, 1.165) is 27.8 Å². The number of aliphatic hydroxyl groups excluding tert-OH is 3. The maximum Gasteiger partial charge on any atom is 0.262 e. The van der Waals surface area contributed by atoms with Crippen LogP contribution in [0, 0.1) is 17.5 Å². The summed E-state index contributed by atoms with van der Waals surface area (Å²) in [5.74, 6) is -3.49. The standard InChI is InChI=1S/C23H23F3N4O6/c1-29(19(32)11-35-14-5-6-15(25)16(26)8-14)23-22(34)20(21(33)18(10-31)36-23)30-9-17(27-28-30)12-3-2-4-13(24)7-12/h2-9,18,20-23,31,33-34H,10-11H2,1H3/t18-,20+,21+,22-,23-/m1/s1. The molecule has 1 aromatic heterocycles. The predicted octanol–water partition coefficient (Wildman–Crippen LogP) is 0.880. The van der Waals surface area contributed by atoms with E-state index in [1.165, 1.54) is 31.4 Å². The van der Waals surface area contributed by atoms with Crippen molar-refractivity contribution in [3.8, 4) is 17.0 Å². The molecule has 10 nitrogen and oxygen atoms in total. The van der Waals surface area contributed by atoms with Crippen molar-refractivity contribution < 1.29 is 42.8 Å². The molecule has 3 aromatic rings. The second-order valence-corrected chi connectivity index (χ2v) is 8.18. The number of carbonyl (C=O) groups is 1. The van der Waals surface area contributed by atoms with Crippen molar-refractivity contribution in [2.24, 2.45) is 0 Å². The quantitative estimate of drug-likeness (QED) is 0.429. The van der Waals surface area contributed by atoms with Crippen LogP contribution in [0.5, 0.6) is 5.75 Å². The maximum absolute atomic E-state index is 13.6. The molecule has 2 heterocycles. The van der Waals surface area contributed by atoms with Crippen LogP contribution in [0.4, 0.5) is 13.2 Å². The van der Waals surface area contributed by atoms with Gasteiger partial charge in [0.2, 0.25) is 0 Å². The lowest BCUT2D eigenvalue weighted by Crippen LogP contribution is -2.61. The first-order valence-electron chi connectivity index (χ1n) is 10.8. The molecule has 1 aliphatic rings. The van der Waals surface area contributed by atoms with Gasteiger partial charge in [0.25, 0.3) is 5.91 Å². The van der Waals surface area contributed by atoms with E-state index < -0.39 is 67.2 Å². The highest BCUT2D eigenvalue weighted by molar-refractivity contribution is 5.77. The number of aliphatic hydroxyl groups is 3. The number of aromatic nitrogens is 3. The Morgan fingerprint density at radius 3 is 2.61 bits per heavy atom. The zero-order chi connectivity index (χ0) is 26.0. The van der Waals surface area contributed by atoms with E-state index >= 15 is 0 Å². The van der Waals surface area contributed by atoms with Gasteiger partial charge in [-0.25, -0.2) is 17.9 Å². The molecule has 0 saturated carbocycles. The number of nitrogens with zero attached hydrogens (tertiary/aromatic N) is 4. The van der Waals surface area contributed by atoms with E-state index in [0.29, 0.717) is 5.56 Å². The van der Waals surface area contributed by atoms with Crippen molar-refractivity contribution in [1.82, 2.24) is 19.9 Å². The summed E-state index contributed by atoms with van der Waals surface area (Å²) in [7, 11) is 1.30. The molecule has 4 rings (SSSR count). The van der Waals surface area contributed by atoms with Crippen LogP contribution in [0.2, 0.25) is 0 Å². The molecule has 0 radical (unpaired) electrons. The second-order valence-electron chi connectivity index (χ2n) is 8.18. The molecule has 13 heteroatoms. The van der Waals surface area contributed by atoms with E-state index in [9.17, 15) is 33.3 Å². The van der Waals surface area contributed by atoms with Crippen LogP contribution in [-0.2, 0) is 9.53 Å². The topological polar surface area (TPSA) is 130 Å². The summed E-state index contributed by atoms with van der Waals surface area (Å²) in [4.78, 5) is 13.7. The molecule has 5 atom stereocenters. The molecule has 3 N–H and O–H groups in total. The molecule has 1 aliphatic heterocycles. The smallest absolute Gasteiger partial charge is 0.262 e. The Hall–Kier alpha value is -3.52. The molecule has 192 valence electrons. The number of hydrogen-bond acceptors (Lipinski definition) is 8. The maximum atomic E-state index is 13.6. The van der Waals surface area contributed by atoms with Gasteiger partial charge in [-0.05, 0) is 24.3 Å². The van der Waals surface area contributed by atoms with Gasteiger partial charge in [-0.15, -0.1) is 5.10 Å². The average molecular weight is 508 g/mol. The van der Waals surface area contributed by atoms with Gasteiger partial charge in [-0.3, -0.25) is 4.79 Å². The Morgan fingerprint density at radius 1 is 1.14 bits per heavy atom. The lowest BCUT2D eigenvalue weighted by molar-refractivity contribution is -0.242. The third kappa shape index (κ3) is 5.18. The van der Waals surface area contributed by atoms with Gasteiger partial charge in [0.05, 0.1) is 12.8 Å². The van der Waals surface area contributed by atoms with Crippen LogP contribution in [0.1, 0.15) is 6.04 Å². The van der Waals surface area contributed by atoms with Gasteiger partial charge in [0.15, 0.2) is 24.5 Å². The van der Waals surface area contributed by atoms with Gasteiger partial charge < -0.3 is 29.7 Å². The molecule has 2 aromatic carbocycles. The fraction of sp³-hybridized carbons (Fsp3) is 0.348. The number of hydrogen-bond donors (Lipinski definition) is 3. The van der Waals surface area contributed by atoms with Crippen LogP contribution in [-0.4, -0.2) is 85.9 Å². The molecule has 1 amide bonds. The first-order valence-corrected chi connectivity index (χ1v) is 10.8. The third-order valence-electron chi connectivity index (χ3n) is 5.83. The Morgan fingerprint density at radius 2 is 1.92 bits per heavy atom. The van der Waals surface area contributed by atoms with Crippen molar-refractivity contribution in [3.05, 3.63) is 66.1 Å². The van der Waals surface area contributed by atoms with Gasteiger partial charge in [0.1, 0.15) is 41.6 Å². The minimum atomic E-state index is -1.54. The van der Waals surface area contributed by atoms with E-state index in [-0.39, 0.29) is 11.4 Å². The van der Waals surface area contributed by atoms with E-state index in [1.807, 2.05) is 0 Å². The first kappa shape index (κ1) is 25.6. The molecule has 1 fully saturated rings. The van der Waals surface area contributed by atoms with Crippen LogP contribution in [0.3, 0.4) is 0 Å². The minimum Gasteiger partial charge on any atom is -0.484 e. The number of benzene rings is 2. The number of halogens is 3. The molecular formula is C23H23F3N4O6. The third-order valence-corrected chi connectivity index (χ3v) is 5.83. The molecular weight excluding hydrogens is 485 g/mol. The lowest BCUT2D eigenvalue weighted by atomic mass is 9.95. The number of carbonyl (C=O) groups excluding carboxylic acids is 1. The fourth-order valence-electron chi connectivity index (χ4n) is 3.87. The van der Waals surface area contributed by atoms with E-state index in [1.54, 1.807) is 6.07 Å². The number of rotatable bonds is 7. The fourth-order valence-corrected chi connectivity index (χ4v) is 3.87. The summed E-state index contributed by atoms with van der Waals surface area (Å²) >= 11 is 0. The molecule has 0 spiro atoms. The van der Waals surface area contributed by atoms with Crippen LogP contribution in [0.15, 0.2) is 48.7 Å². The van der Waals surface area contributed by atoms with Gasteiger partial charge in [-0.2, -0.15) is 0 Å². The summed E-state index contributed by atoms with van der Waals surface area (Å²) in [5.41, 5.74) is 0.677. The predicted molar refractivity (Wildman–Crippen MR) is 117 cm³/mol. The van der Waals surface area contributed by atoms with Crippen molar-refractivity contribution in [1.29, 1.82) is 0 Å². The molecule has 0 unspecified atom stereocenters. The van der Waals surface area contributed by atoms with Crippen molar-refractivity contribution in [3.63, 3.8) is 0 Å². The highest BCUT2D eigenvalue weighted by Crippen LogP contribution is 2.32. The normalized spacial score (nSPS) is 23.9. The largest absolute Gasteiger partial charge is 0.484 e. The monoisotopic (exact) mass is 508 g/mol. The Kier molecular flexibility index (Phi) is 7.54. The van der Waals surface area contributed by atoms with Crippen LogP contribution in [0.25, 0.3) is 11.3 Å². The second kappa shape index (κ2) is 10.6. The van der Waals surface area contributed by atoms with Crippen molar-refractivity contribution in [2.75, 3.05) is 20.3 Å². The number of ether oxygens (including phenoxy) is 2. The van der Waals surface area contributed by atoms with Crippen molar-refractivity contribution in [2.45, 2.75) is 30.6 Å². The SMILES string of the molecule is CN(C(=O)COc1ccc(F)c(F)c1)[C@@H]1O[C@H](CO)[C@H](O)[C@H](n2cc(-c3cccc(F)c3)nn2)[C@H]1O. The van der Waals surface area contributed by atoms with Crippen LogP contribution < -0.4 is 4.74 Å². The van der Waals surface area contributed by atoms with Crippen molar-refractivity contribution >= 4 is 5.91 Å². The molecule has 1 saturated heterocycles. The van der Waals surface area contributed by atoms with Crippen LogP contribution >= 0.6 is 0 Å². The number of likely N-dealkylation sites (N-methyl/N-ethyl adjacent to an activating group) is 1. The zero-order valence-corrected chi connectivity index (χ0v) is 18.9. The highest BCUT2D eigenvalue weighted by atomic mass is 19.2. The average Bonchev–Trinajstić information content (AvgIpc) is 3.34. The lowest BCUT2D eigenvalue weighted by Gasteiger charge is -2.45. The van der Waals surface area contributed by atoms with E-state index in [4.69, 9.17) is 9.47 Å². The van der Waals surface area contributed by atoms with Gasteiger partial charge in [0, 0.05) is 18.7 Å². The molecule has 0 bridgehead atoms. The highest BCUT2D eigenvalue weighted by Gasteiger charge is 2.48. The Labute approximate surface area is 203 Å². The summed E-state index contributed by atoms with van der Waals surface area (Å²) < 4.78 is 52.0. The Bertz CT molecular complexity index is 1230. The van der Waals surface area contributed by atoms with Gasteiger partial charge in [-0.1, -0.05) is 17.3 Å². The summed E-state index contributed by atoms with van der Waals surface area (Å²) in [6, 6.07) is 7.18. The minimum absolute atomic E-state index is 0.0882. The van der Waals surface area contributed by atoms with Gasteiger partial charge >= 0.3 is 0 Å². The zero-order valence-electron chi connectivity index (χ0n) is 18.9. The molecule has 36 heavy (non-hydrogen) atoms. The summed E-state index contributed by atoms with van der Waals surface area (Å²) in [6.07, 6.45) is -4.14.